The fraction of sp³-hybridized carbons (Fsp3) is 0.231. The molecular weight excluding hydrogens is 236 g/mol. The number of aryl methyl sites for hydroxylation is 2. The Kier molecular flexibility index (Phi) is 3.59. The van der Waals surface area contributed by atoms with E-state index in [0.717, 1.165) is 22.6 Å². The Morgan fingerprint density at radius 2 is 1.82 bits per heavy atom. The van der Waals surface area contributed by atoms with Crippen LogP contribution in [0.2, 0.25) is 5.15 Å². The van der Waals surface area contributed by atoms with E-state index in [0.29, 0.717) is 11.8 Å². The molecule has 3 nitrogen and oxygen atoms in total. The number of rotatable bonds is 3. The predicted molar refractivity (Wildman–Crippen MR) is 67.3 cm³/mol. The number of aromatic nitrogens is 2. The van der Waals surface area contributed by atoms with Crippen LogP contribution in [-0.4, -0.2) is 9.97 Å². The first kappa shape index (κ1) is 11.9. The van der Waals surface area contributed by atoms with E-state index in [9.17, 15) is 0 Å². The molecule has 0 aliphatic heterocycles. The van der Waals surface area contributed by atoms with Crippen molar-refractivity contribution >= 4 is 11.6 Å². The maximum absolute atomic E-state index is 5.75. The molecule has 0 amide bonds. The van der Waals surface area contributed by atoms with E-state index in [1.54, 1.807) is 6.20 Å². The van der Waals surface area contributed by atoms with Crippen LogP contribution in [0.25, 0.3) is 0 Å². The second-order valence-electron chi connectivity index (χ2n) is 3.84. The fourth-order valence-corrected chi connectivity index (χ4v) is 1.68. The van der Waals surface area contributed by atoms with Gasteiger partial charge < -0.3 is 4.74 Å². The monoisotopic (exact) mass is 248 g/mol. The van der Waals surface area contributed by atoms with Crippen LogP contribution < -0.4 is 4.74 Å². The molecule has 17 heavy (non-hydrogen) atoms. The highest BCUT2D eigenvalue weighted by Gasteiger charge is 2.04. The maximum Gasteiger partial charge on any atom is 0.147 e. The average molecular weight is 249 g/mol. The van der Waals surface area contributed by atoms with Gasteiger partial charge in [0, 0.05) is 0 Å². The minimum Gasteiger partial charge on any atom is -0.487 e. The van der Waals surface area contributed by atoms with Crippen molar-refractivity contribution in [1.82, 2.24) is 9.97 Å². The van der Waals surface area contributed by atoms with Crippen molar-refractivity contribution in [3.63, 3.8) is 0 Å². The molecule has 0 atom stereocenters. The quantitative estimate of drug-likeness (QED) is 0.836. The molecule has 0 spiro atoms. The molecule has 1 aromatic carbocycles. The van der Waals surface area contributed by atoms with Gasteiger partial charge in [0.1, 0.15) is 17.5 Å². The molecule has 0 saturated heterocycles. The molecule has 0 aliphatic rings. The van der Waals surface area contributed by atoms with Crippen molar-refractivity contribution in [3.05, 3.63) is 52.6 Å². The Hall–Kier alpha value is -1.61. The summed E-state index contributed by atoms with van der Waals surface area (Å²) in [6, 6.07) is 6.06. The number of nitrogens with zero attached hydrogens (tertiary/aromatic N) is 2. The lowest BCUT2D eigenvalue weighted by Crippen LogP contribution is -2.01. The summed E-state index contributed by atoms with van der Waals surface area (Å²) in [5, 5.41) is 0.390. The van der Waals surface area contributed by atoms with Crippen LogP contribution in [0, 0.1) is 13.8 Å². The van der Waals surface area contributed by atoms with E-state index in [4.69, 9.17) is 16.3 Å². The molecule has 0 bridgehead atoms. The Bertz CT molecular complexity index is 491. The largest absolute Gasteiger partial charge is 0.487 e. The third-order valence-electron chi connectivity index (χ3n) is 2.45. The number of para-hydroxylation sites is 1. The average Bonchev–Trinajstić information content (AvgIpc) is 2.31. The first-order valence-corrected chi connectivity index (χ1v) is 5.70. The highest BCUT2D eigenvalue weighted by molar-refractivity contribution is 6.29. The minimum absolute atomic E-state index is 0.390. The molecule has 0 aliphatic carbocycles. The van der Waals surface area contributed by atoms with Crippen LogP contribution in [-0.2, 0) is 6.61 Å². The Morgan fingerprint density at radius 1 is 1.12 bits per heavy atom. The number of hydrogen-bond donors (Lipinski definition) is 0. The van der Waals surface area contributed by atoms with E-state index >= 15 is 0 Å². The lowest BCUT2D eigenvalue weighted by Gasteiger charge is -2.11. The lowest BCUT2D eigenvalue weighted by molar-refractivity contribution is 0.296. The Balaban J connectivity index is 2.10. The minimum atomic E-state index is 0.390. The Labute approximate surface area is 105 Å². The molecule has 4 heteroatoms. The standard InChI is InChI=1S/C13H13ClN2O/c1-9-4-3-5-10(2)13(9)17-8-11-6-16-12(14)7-15-11/h3-7H,8H2,1-2H3. The summed E-state index contributed by atoms with van der Waals surface area (Å²) in [7, 11) is 0. The van der Waals surface area contributed by atoms with Gasteiger partial charge in [-0.25, -0.2) is 4.98 Å². The van der Waals surface area contributed by atoms with Gasteiger partial charge in [-0.1, -0.05) is 29.8 Å². The van der Waals surface area contributed by atoms with E-state index in [1.807, 2.05) is 32.0 Å². The van der Waals surface area contributed by atoms with Gasteiger partial charge in [0.2, 0.25) is 0 Å². The smallest absolute Gasteiger partial charge is 0.147 e. The van der Waals surface area contributed by atoms with Crippen molar-refractivity contribution < 1.29 is 4.74 Å². The van der Waals surface area contributed by atoms with Crippen molar-refractivity contribution in [2.45, 2.75) is 20.5 Å². The summed E-state index contributed by atoms with van der Waals surface area (Å²) in [6.45, 7) is 4.45. The normalized spacial score (nSPS) is 10.3. The van der Waals surface area contributed by atoms with Crippen LogP contribution in [0.1, 0.15) is 16.8 Å². The van der Waals surface area contributed by atoms with Gasteiger partial charge in [-0.3, -0.25) is 4.98 Å². The van der Waals surface area contributed by atoms with Crippen LogP contribution in [0.15, 0.2) is 30.6 Å². The Morgan fingerprint density at radius 3 is 2.41 bits per heavy atom. The van der Waals surface area contributed by atoms with Crippen LogP contribution in [0.4, 0.5) is 0 Å². The number of halogens is 1. The zero-order valence-corrected chi connectivity index (χ0v) is 10.5. The van der Waals surface area contributed by atoms with Crippen LogP contribution in [0.5, 0.6) is 5.75 Å². The zero-order chi connectivity index (χ0) is 12.3. The van der Waals surface area contributed by atoms with Crippen LogP contribution >= 0.6 is 11.6 Å². The van der Waals surface area contributed by atoms with E-state index < -0.39 is 0 Å². The van der Waals surface area contributed by atoms with Gasteiger partial charge >= 0.3 is 0 Å². The summed E-state index contributed by atoms with van der Waals surface area (Å²) in [5.74, 6) is 0.907. The molecule has 88 valence electrons. The summed E-state index contributed by atoms with van der Waals surface area (Å²) in [5.41, 5.74) is 3.00. The first-order valence-electron chi connectivity index (χ1n) is 5.32. The molecule has 0 unspecified atom stereocenters. The summed E-state index contributed by atoms with van der Waals surface area (Å²) in [4.78, 5) is 8.09. The highest BCUT2D eigenvalue weighted by Crippen LogP contribution is 2.23. The number of ether oxygens (including phenoxy) is 1. The van der Waals surface area contributed by atoms with Gasteiger partial charge in [0.15, 0.2) is 0 Å². The second kappa shape index (κ2) is 5.15. The fourth-order valence-electron chi connectivity index (χ4n) is 1.59. The van der Waals surface area contributed by atoms with Crippen LogP contribution in [0.3, 0.4) is 0 Å². The van der Waals surface area contributed by atoms with Crippen molar-refractivity contribution in [3.8, 4) is 5.75 Å². The SMILES string of the molecule is Cc1cccc(C)c1OCc1cnc(Cl)cn1. The van der Waals surface area contributed by atoms with Gasteiger partial charge in [-0.05, 0) is 25.0 Å². The molecule has 2 rings (SSSR count). The van der Waals surface area contributed by atoms with E-state index in [1.165, 1.54) is 6.20 Å². The third kappa shape index (κ3) is 2.94. The first-order chi connectivity index (χ1) is 8.16. The van der Waals surface area contributed by atoms with Gasteiger partial charge in [-0.15, -0.1) is 0 Å². The third-order valence-corrected chi connectivity index (χ3v) is 2.64. The van der Waals surface area contributed by atoms with Crippen molar-refractivity contribution in [2.24, 2.45) is 0 Å². The summed E-state index contributed by atoms with van der Waals surface area (Å²) in [6.07, 6.45) is 3.14. The number of hydrogen-bond acceptors (Lipinski definition) is 3. The maximum atomic E-state index is 5.75. The van der Waals surface area contributed by atoms with E-state index in [-0.39, 0.29) is 0 Å². The lowest BCUT2D eigenvalue weighted by atomic mass is 10.1. The molecular formula is C13H13ClN2O. The van der Waals surface area contributed by atoms with E-state index in [2.05, 4.69) is 9.97 Å². The molecule has 1 heterocycles. The summed E-state index contributed by atoms with van der Waals surface area (Å²) < 4.78 is 5.75. The molecule has 0 fully saturated rings. The molecule has 1 aromatic heterocycles. The number of benzene rings is 1. The highest BCUT2D eigenvalue weighted by atomic mass is 35.5. The van der Waals surface area contributed by atoms with Crippen molar-refractivity contribution in [1.29, 1.82) is 0 Å². The molecule has 0 N–H and O–H groups in total. The van der Waals surface area contributed by atoms with Gasteiger partial charge in [0.05, 0.1) is 18.1 Å². The molecule has 2 aromatic rings. The molecule has 0 radical (unpaired) electrons. The zero-order valence-electron chi connectivity index (χ0n) is 9.77. The summed E-state index contributed by atoms with van der Waals surface area (Å²) >= 11 is 5.66. The predicted octanol–water partition coefficient (Wildman–Crippen LogP) is 3.33. The topological polar surface area (TPSA) is 35.0 Å². The second-order valence-corrected chi connectivity index (χ2v) is 4.23. The van der Waals surface area contributed by atoms with Crippen molar-refractivity contribution in [2.75, 3.05) is 0 Å². The van der Waals surface area contributed by atoms with Gasteiger partial charge in [0.25, 0.3) is 0 Å². The molecule has 0 saturated carbocycles. The van der Waals surface area contributed by atoms with Gasteiger partial charge in [-0.2, -0.15) is 0 Å².